The van der Waals surface area contributed by atoms with E-state index in [0.717, 1.165) is 50.8 Å². The lowest BCUT2D eigenvalue weighted by Crippen LogP contribution is -2.40. The Morgan fingerprint density at radius 3 is 2.83 bits per heavy atom. The number of hydrogen-bond donors (Lipinski definition) is 0. The fourth-order valence-electron chi connectivity index (χ4n) is 3.11. The molecular formula is C18H25NO4. The third kappa shape index (κ3) is 4.69. The summed E-state index contributed by atoms with van der Waals surface area (Å²) in [6.07, 6.45) is 4.83. The van der Waals surface area contributed by atoms with E-state index in [4.69, 9.17) is 14.2 Å². The summed E-state index contributed by atoms with van der Waals surface area (Å²) in [5.74, 6) is 0. The average molecular weight is 319 g/mol. The van der Waals surface area contributed by atoms with Crippen molar-refractivity contribution >= 4 is 6.09 Å². The van der Waals surface area contributed by atoms with Gasteiger partial charge in [0.25, 0.3) is 0 Å². The van der Waals surface area contributed by atoms with Gasteiger partial charge in [-0.1, -0.05) is 30.3 Å². The molecule has 0 bridgehead atoms. The first-order valence-electron chi connectivity index (χ1n) is 8.53. The van der Waals surface area contributed by atoms with Crippen molar-refractivity contribution in [1.82, 2.24) is 4.90 Å². The van der Waals surface area contributed by atoms with Crippen molar-refractivity contribution in [1.29, 1.82) is 0 Å². The van der Waals surface area contributed by atoms with E-state index in [9.17, 15) is 4.79 Å². The minimum atomic E-state index is -0.246. The first-order chi connectivity index (χ1) is 11.3. The zero-order valence-corrected chi connectivity index (χ0v) is 13.5. The van der Waals surface area contributed by atoms with E-state index in [1.807, 2.05) is 30.3 Å². The highest BCUT2D eigenvalue weighted by Crippen LogP contribution is 2.21. The van der Waals surface area contributed by atoms with Gasteiger partial charge < -0.3 is 19.1 Å². The Bertz CT molecular complexity index is 487. The minimum Gasteiger partial charge on any atom is -0.445 e. The lowest BCUT2D eigenvalue weighted by Gasteiger charge is -2.28. The van der Waals surface area contributed by atoms with Crippen molar-refractivity contribution in [3.8, 4) is 0 Å². The highest BCUT2D eigenvalue weighted by Gasteiger charge is 2.31. The van der Waals surface area contributed by atoms with Crippen LogP contribution in [0.5, 0.6) is 0 Å². The average Bonchev–Trinajstić information content (AvgIpc) is 3.08. The number of likely N-dealkylation sites (tertiary alicyclic amines) is 1. The van der Waals surface area contributed by atoms with Crippen LogP contribution in [0, 0.1) is 0 Å². The molecule has 2 atom stereocenters. The van der Waals surface area contributed by atoms with Crippen LogP contribution in [-0.4, -0.2) is 43.1 Å². The highest BCUT2D eigenvalue weighted by molar-refractivity contribution is 5.68. The fraction of sp³-hybridized carbons (Fsp3) is 0.611. The number of carbonyl (C=O) groups is 1. The predicted octanol–water partition coefficient (Wildman–Crippen LogP) is 3.33. The third-order valence-electron chi connectivity index (χ3n) is 4.43. The largest absolute Gasteiger partial charge is 0.445 e. The van der Waals surface area contributed by atoms with Crippen molar-refractivity contribution in [2.45, 2.75) is 51.0 Å². The molecule has 2 saturated heterocycles. The van der Waals surface area contributed by atoms with Crippen LogP contribution in [-0.2, 0) is 20.8 Å². The second-order valence-corrected chi connectivity index (χ2v) is 6.16. The van der Waals surface area contributed by atoms with Gasteiger partial charge in [-0.2, -0.15) is 0 Å². The lowest BCUT2D eigenvalue weighted by molar-refractivity contribution is -0.168. The molecule has 0 spiro atoms. The van der Waals surface area contributed by atoms with Gasteiger partial charge in [0.15, 0.2) is 6.29 Å². The van der Waals surface area contributed by atoms with Gasteiger partial charge >= 0.3 is 6.09 Å². The van der Waals surface area contributed by atoms with E-state index < -0.39 is 0 Å². The number of benzene rings is 1. The Labute approximate surface area is 137 Å². The molecule has 5 heteroatoms. The minimum absolute atomic E-state index is 0.101. The van der Waals surface area contributed by atoms with Gasteiger partial charge in [0.1, 0.15) is 6.61 Å². The van der Waals surface area contributed by atoms with Crippen molar-refractivity contribution in [3.05, 3.63) is 35.9 Å². The number of carbonyl (C=O) groups excluding carboxylic acids is 1. The molecule has 3 rings (SSSR count). The summed E-state index contributed by atoms with van der Waals surface area (Å²) in [6.45, 7) is 2.37. The Morgan fingerprint density at radius 1 is 1.17 bits per heavy atom. The summed E-state index contributed by atoms with van der Waals surface area (Å²) < 4.78 is 16.9. The number of amides is 1. The molecule has 2 aliphatic heterocycles. The van der Waals surface area contributed by atoms with Gasteiger partial charge in [0, 0.05) is 13.2 Å². The summed E-state index contributed by atoms with van der Waals surface area (Å²) >= 11 is 0. The summed E-state index contributed by atoms with van der Waals surface area (Å²) in [4.78, 5) is 14.1. The molecule has 0 aliphatic carbocycles. The Balaban J connectivity index is 1.44. The van der Waals surface area contributed by atoms with Crippen LogP contribution >= 0.6 is 0 Å². The lowest BCUT2D eigenvalue weighted by atomic mass is 10.2. The Morgan fingerprint density at radius 2 is 2.04 bits per heavy atom. The molecule has 1 amide bonds. The third-order valence-corrected chi connectivity index (χ3v) is 4.43. The summed E-state index contributed by atoms with van der Waals surface area (Å²) in [5, 5.41) is 0. The van der Waals surface area contributed by atoms with Gasteiger partial charge in [-0.05, 0) is 37.7 Å². The molecule has 1 unspecified atom stereocenters. The predicted molar refractivity (Wildman–Crippen MR) is 85.9 cm³/mol. The summed E-state index contributed by atoms with van der Waals surface area (Å²) in [5.41, 5.74) is 1.00. The molecule has 0 saturated carbocycles. The highest BCUT2D eigenvalue weighted by atomic mass is 16.7. The first-order valence-corrected chi connectivity index (χ1v) is 8.53. The second kappa shape index (κ2) is 8.31. The molecular weight excluding hydrogens is 294 g/mol. The van der Waals surface area contributed by atoms with Crippen LogP contribution < -0.4 is 0 Å². The maximum absolute atomic E-state index is 12.3. The smallest absolute Gasteiger partial charge is 0.410 e. The first kappa shape index (κ1) is 16.3. The van der Waals surface area contributed by atoms with Gasteiger partial charge in [-0.15, -0.1) is 0 Å². The van der Waals surface area contributed by atoms with E-state index in [1.54, 1.807) is 4.90 Å². The van der Waals surface area contributed by atoms with E-state index >= 15 is 0 Å². The molecule has 1 aromatic carbocycles. The van der Waals surface area contributed by atoms with Crippen LogP contribution in [0.25, 0.3) is 0 Å². The maximum atomic E-state index is 12.3. The summed E-state index contributed by atoms with van der Waals surface area (Å²) in [7, 11) is 0. The Kier molecular flexibility index (Phi) is 5.88. The van der Waals surface area contributed by atoms with Crippen LogP contribution in [0.4, 0.5) is 4.79 Å². The van der Waals surface area contributed by atoms with Gasteiger partial charge in [-0.25, -0.2) is 4.79 Å². The number of rotatable bonds is 5. The molecule has 23 heavy (non-hydrogen) atoms. The van der Waals surface area contributed by atoms with E-state index in [1.165, 1.54) is 0 Å². The second-order valence-electron chi connectivity index (χ2n) is 6.16. The van der Waals surface area contributed by atoms with E-state index in [2.05, 4.69) is 0 Å². The zero-order chi connectivity index (χ0) is 15.9. The van der Waals surface area contributed by atoms with Crippen molar-refractivity contribution in [3.63, 3.8) is 0 Å². The monoisotopic (exact) mass is 319 g/mol. The van der Waals surface area contributed by atoms with Gasteiger partial charge in [0.2, 0.25) is 0 Å². The molecule has 1 aromatic rings. The van der Waals surface area contributed by atoms with Crippen LogP contribution in [0.15, 0.2) is 30.3 Å². The molecule has 2 heterocycles. The molecule has 2 aliphatic rings. The molecule has 0 aromatic heterocycles. The maximum Gasteiger partial charge on any atom is 0.410 e. The SMILES string of the molecule is O=C(OCc1ccccc1)N1CCC[C@H]1COC1CCCCO1. The van der Waals surface area contributed by atoms with E-state index in [-0.39, 0.29) is 18.4 Å². The molecule has 2 fully saturated rings. The normalized spacial score (nSPS) is 24.6. The van der Waals surface area contributed by atoms with Crippen molar-refractivity contribution in [2.75, 3.05) is 19.8 Å². The molecule has 0 radical (unpaired) electrons. The van der Waals surface area contributed by atoms with Crippen molar-refractivity contribution in [2.24, 2.45) is 0 Å². The van der Waals surface area contributed by atoms with Crippen LogP contribution in [0.2, 0.25) is 0 Å². The number of ether oxygens (including phenoxy) is 3. The topological polar surface area (TPSA) is 48.0 Å². The molecule has 0 N–H and O–H groups in total. The van der Waals surface area contributed by atoms with Crippen LogP contribution in [0.3, 0.4) is 0 Å². The standard InChI is InChI=1S/C18H25NO4/c20-18(23-13-15-7-2-1-3-8-15)19-11-6-9-16(19)14-22-17-10-4-5-12-21-17/h1-3,7-8,16-17H,4-6,9-14H2/t16-,17?/m0/s1. The molecule has 126 valence electrons. The Hall–Kier alpha value is -1.59. The van der Waals surface area contributed by atoms with Crippen LogP contribution in [0.1, 0.15) is 37.7 Å². The van der Waals surface area contributed by atoms with Gasteiger partial charge in [0.05, 0.1) is 12.6 Å². The zero-order valence-electron chi connectivity index (χ0n) is 13.5. The number of hydrogen-bond acceptors (Lipinski definition) is 4. The van der Waals surface area contributed by atoms with Crippen molar-refractivity contribution < 1.29 is 19.0 Å². The fourth-order valence-corrected chi connectivity index (χ4v) is 3.11. The summed E-state index contributed by atoms with van der Waals surface area (Å²) in [6, 6.07) is 9.85. The number of nitrogens with zero attached hydrogens (tertiary/aromatic N) is 1. The quantitative estimate of drug-likeness (QED) is 0.835. The van der Waals surface area contributed by atoms with Gasteiger partial charge in [-0.3, -0.25) is 0 Å². The molecule has 5 nitrogen and oxygen atoms in total. The van der Waals surface area contributed by atoms with E-state index in [0.29, 0.717) is 13.2 Å².